The number of pyridine rings is 1. The second-order valence-electron chi connectivity index (χ2n) is 11.0. The van der Waals surface area contributed by atoms with Crippen LogP contribution in [0.15, 0.2) is 42.9 Å². The van der Waals surface area contributed by atoms with Crippen LogP contribution in [0.5, 0.6) is 5.75 Å². The van der Waals surface area contributed by atoms with E-state index in [1.54, 1.807) is 6.07 Å². The quantitative estimate of drug-likeness (QED) is 0.132. The minimum atomic E-state index is -5.01. The van der Waals surface area contributed by atoms with Crippen LogP contribution in [-0.2, 0) is 30.2 Å². The van der Waals surface area contributed by atoms with Gasteiger partial charge in [-0.2, -0.15) is 26.3 Å². The molecule has 45 heavy (non-hydrogen) atoms. The summed E-state index contributed by atoms with van der Waals surface area (Å²) >= 11 is 6.27. The molecule has 0 amide bonds. The summed E-state index contributed by atoms with van der Waals surface area (Å²) in [5.74, 6) is 0.525. The number of ether oxygens (including phenoxy) is 1. The van der Waals surface area contributed by atoms with Crippen LogP contribution in [0.2, 0.25) is 5.02 Å². The molecular weight excluding hydrogens is 628 g/mol. The number of anilines is 2. The van der Waals surface area contributed by atoms with Gasteiger partial charge in [0.05, 0.1) is 35.2 Å². The van der Waals surface area contributed by atoms with E-state index in [0.717, 1.165) is 18.8 Å². The summed E-state index contributed by atoms with van der Waals surface area (Å²) < 4.78 is 87.2. The van der Waals surface area contributed by atoms with Crippen molar-refractivity contribution in [2.75, 3.05) is 30.0 Å². The van der Waals surface area contributed by atoms with Gasteiger partial charge >= 0.3 is 18.3 Å². The van der Waals surface area contributed by atoms with Crippen LogP contribution in [0.4, 0.5) is 38.1 Å². The number of rotatable bonds is 15. The van der Waals surface area contributed by atoms with Crippen LogP contribution in [-0.4, -0.2) is 46.2 Å². The van der Waals surface area contributed by atoms with Gasteiger partial charge in [-0.05, 0) is 55.0 Å². The topological polar surface area (TPSA) is 91.7 Å². The van der Waals surface area contributed by atoms with Gasteiger partial charge in [-0.3, -0.25) is 4.79 Å². The smallest absolute Gasteiger partial charge is 0.416 e. The SMILES string of the molecule is CN(CCCC1CC1)c1ncc(Cl)cc1CN(Cc1cc(C(F)(F)F)cc(C(F)(F)F)c1)c1ncc(OCCCC(=O)O)cn1. The lowest BCUT2D eigenvalue weighted by atomic mass is 10.0. The van der Waals surface area contributed by atoms with Crippen LogP contribution in [0.1, 0.15) is 60.8 Å². The third-order valence-corrected chi connectivity index (χ3v) is 7.36. The van der Waals surface area contributed by atoms with Gasteiger partial charge in [-0.1, -0.05) is 24.4 Å². The molecule has 2 heterocycles. The Kier molecular flexibility index (Phi) is 11.0. The van der Waals surface area contributed by atoms with E-state index in [9.17, 15) is 31.1 Å². The molecule has 4 rings (SSSR count). The zero-order chi connectivity index (χ0) is 32.8. The Bertz CT molecular complexity index is 1420. The third kappa shape index (κ3) is 10.4. The zero-order valence-electron chi connectivity index (χ0n) is 24.3. The van der Waals surface area contributed by atoms with Crippen molar-refractivity contribution in [2.45, 2.75) is 64.0 Å². The molecule has 0 bridgehead atoms. The first-order valence-electron chi connectivity index (χ1n) is 14.2. The van der Waals surface area contributed by atoms with E-state index >= 15 is 0 Å². The first-order chi connectivity index (χ1) is 21.2. The Balaban J connectivity index is 1.66. The van der Waals surface area contributed by atoms with Gasteiger partial charge in [-0.25, -0.2) is 15.0 Å². The molecule has 1 N–H and O–H groups in total. The lowest BCUT2D eigenvalue weighted by Gasteiger charge is -2.27. The van der Waals surface area contributed by atoms with E-state index in [1.165, 1.54) is 36.3 Å². The molecule has 0 aliphatic heterocycles. The third-order valence-electron chi connectivity index (χ3n) is 7.16. The summed E-state index contributed by atoms with van der Waals surface area (Å²) in [6, 6.07) is 3.06. The van der Waals surface area contributed by atoms with Crippen molar-refractivity contribution in [3.8, 4) is 5.75 Å². The number of aliphatic carboxylic acids is 1. The van der Waals surface area contributed by atoms with Crippen molar-refractivity contribution >= 4 is 29.3 Å². The Morgan fingerprint density at radius 2 is 1.60 bits per heavy atom. The number of benzene rings is 1. The van der Waals surface area contributed by atoms with Gasteiger partial charge in [0.1, 0.15) is 5.82 Å². The molecule has 0 radical (unpaired) electrons. The number of carboxylic acids is 1. The van der Waals surface area contributed by atoms with E-state index in [-0.39, 0.29) is 49.3 Å². The Hall–Kier alpha value is -3.81. The molecule has 0 saturated heterocycles. The molecule has 1 aliphatic carbocycles. The number of carbonyl (C=O) groups is 1. The lowest BCUT2D eigenvalue weighted by molar-refractivity contribution is -0.143. The molecule has 8 nitrogen and oxygen atoms in total. The van der Waals surface area contributed by atoms with Gasteiger partial charge in [-0.15, -0.1) is 0 Å². The zero-order valence-corrected chi connectivity index (χ0v) is 25.1. The number of aromatic nitrogens is 3. The second kappa shape index (κ2) is 14.5. The van der Waals surface area contributed by atoms with Gasteiger partial charge in [0.2, 0.25) is 5.95 Å². The van der Waals surface area contributed by atoms with Crippen LogP contribution in [0, 0.1) is 5.92 Å². The Morgan fingerprint density at radius 3 is 2.18 bits per heavy atom. The highest BCUT2D eigenvalue weighted by molar-refractivity contribution is 6.30. The maximum absolute atomic E-state index is 13.6. The minimum absolute atomic E-state index is 0.00108. The van der Waals surface area contributed by atoms with Gasteiger partial charge in [0.25, 0.3) is 0 Å². The summed E-state index contributed by atoms with van der Waals surface area (Å²) in [6.45, 7) is 0.300. The van der Waals surface area contributed by atoms with Crippen LogP contribution < -0.4 is 14.5 Å². The molecule has 1 saturated carbocycles. The summed E-state index contributed by atoms with van der Waals surface area (Å²) in [7, 11) is 1.85. The number of hydrogen-bond donors (Lipinski definition) is 1. The fourth-order valence-corrected chi connectivity index (χ4v) is 4.94. The van der Waals surface area contributed by atoms with Crippen molar-refractivity contribution in [3.63, 3.8) is 0 Å². The number of halogens is 7. The van der Waals surface area contributed by atoms with Crippen molar-refractivity contribution in [1.29, 1.82) is 0 Å². The van der Waals surface area contributed by atoms with Gasteiger partial charge < -0.3 is 19.6 Å². The molecule has 1 fully saturated rings. The molecular formula is C30H32ClF6N5O3. The molecule has 1 aliphatic rings. The Morgan fingerprint density at radius 1 is 0.956 bits per heavy atom. The van der Waals surface area contributed by atoms with E-state index in [2.05, 4.69) is 15.0 Å². The number of hydrogen-bond acceptors (Lipinski definition) is 7. The normalized spacial score (nSPS) is 13.5. The molecule has 0 unspecified atom stereocenters. The van der Waals surface area contributed by atoms with Crippen LogP contribution in [0.3, 0.4) is 0 Å². The van der Waals surface area contributed by atoms with Crippen molar-refractivity contribution in [3.05, 3.63) is 70.1 Å². The largest absolute Gasteiger partial charge is 0.490 e. The first-order valence-corrected chi connectivity index (χ1v) is 14.6. The summed E-state index contributed by atoms with van der Waals surface area (Å²) in [6.07, 6.45) is -1.37. The van der Waals surface area contributed by atoms with Crippen LogP contribution >= 0.6 is 11.6 Å². The van der Waals surface area contributed by atoms with E-state index in [0.29, 0.717) is 35.1 Å². The van der Waals surface area contributed by atoms with Gasteiger partial charge in [0, 0.05) is 44.9 Å². The minimum Gasteiger partial charge on any atom is -0.490 e. The average molecular weight is 660 g/mol. The second-order valence-corrected chi connectivity index (χ2v) is 11.4. The maximum atomic E-state index is 13.6. The van der Waals surface area contributed by atoms with E-state index in [1.807, 2.05) is 11.9 Å². The molecule has 244 valence electrons. The monoisotopic (exact) mass is 659 g/mol. The van der Waals surface area contributed by atoms with Gasteiger partial charge in [0.15, 0.2) is 5.75 Å². The number of nitrogens with zero attached hydrogens (tertiary/aromatic N) is 5. The summed E-state index contributed by atoms with van der Waals surface area (Å²) in [5, 5.41) is 9.08. The van der Waals surface area contributed by atoms with E-state index in [4.69, 9.17) is 21.4 Å². The molecule has 3 aromatic rings. The van der Waals surface area contributed by atoms with E-state index < -0.39 is 36.0 Å². The first kappa shape index (κ1) is 34.1. The number of carboxylic acid groups (broad SMARTS) is 1. The highest BCUT2D eigenvalue weighted by atomic mass is 35.5. The van der Waals surface area contributed by atoms with Crippen molar-refractivity contribution < 1.29 is 41.0 Å². The predicted octanol–water partition coefficient (Wildman–Crippen LogP) is 7.64. The molecule has 0 spiro atoms. The fourth-order valence-electron chi connectivity index (χ4n) is 4.76. The molecule has 2 aromatic heterocycles. The highest BCUT2D eigenvalue weighted by Crippen LogP contribution is 2.37. The fraction of sp³-hybridized carbons (Fsp3) is 0.467. The maximum Gasteiger partial charge on any atom is 0.416 e. The van der Waals surface area contributed by atoms with Crippen molar-refractivity contribution in [2.24, 2.45) is 5.92 Å². The molecule has 1 aromatic carbocycles. The van der Waals surface area contributed by atoms with Crippen molar-refractivity contribution in [1.82, 2.24) is 15.0 Å². The van der Waals surface area contributed by atoms with Crippen LogP contribution in [0.25, 0.3) is 0 Å². The highest BCUT2D eigenvalue weighted by Gasteiger charge is 2.37. The Labute approximate surface area is 261 Å². The predicted molar refractivity (Wildman–Crippen MR) is 155 cm³/mol. The number of alkyl halides is 6. The summed E-state index contributed by atoms with van der Waals surface area (Å²) in [4.78, 5) is 27.1. The average Bonchev–Trinajstić information content (AvgIpc) is 3.79. The lowest BCUT2D eigenvalue weighted by Crippen LogP contribution is -2.28. The molecule has 15 heteroatoms. The standard InChI is InChI=1S/C30H32ClF6N5O3/c1-41(8-2-4-19-6-7-19)27-21(12-24(31)14-38-27)18-42(28-39-15-25(16-40-28)45-9-3-5-26(43)44)17-20-10-22(29(32,33)34)13-23(11-20)30(35,36)37/h10-16,19H,2-9,17-18H2,1H3,(H,43,44). The molecule has 0 atom stereocenters. The summed E-state index contributed by atoms with van der Waals surface area (Å²) in [5.41, 5.74) is -2.56.